The van der Waals surface area contributed by atoms with Gasteiger partial charge in [0.15, 0.2) is 0 Å². The van der Waals surface area contributed by atoms with E-state index in [0.29, 0.717) is 0 Å². The molecule has 0 heterocycles. The lowest BCUT2D eigenvalue weighted by Gasteiger charge is -2.22. The predicted molar refractivity (Wildman–Crippen MR) is 66.2 cm³/mol. The first kappa shape index (κ1) is 12.9. The fourth-order valence-electron chi connectivity index (χ4n) is 1.21. The van der Waals surface area contributed by atoms with Crippen molar-refractivity contribution in [2.75, 3.05) is 7.11 Å². The van der Waals surface area contributed by atoms with E-state index in [-0.39, 0.29) is 0 Å². The second-order valence-electron chi connectivity index (χ2n) is 3.29. The predicted octanol–water partition coefficient (Wildman–Crippen LogP) is 4.11. The van der Waals surface area contributed by atoms with Crippen molar-refractivity contribution in [3.05, 3.63) is 0 Å². The summed E-state index contributed by atoms with van der Waals surface area (Å²) in [5.41, 5.74) is 0. The summed E-state index contributed by atoms with van der Waals surface area (Å²) in [7, 11) is 1.89. The normalized spacial score (nSPS) is 12.0. The van der Waals surface area contributed by atoms with Crippen molar-refractivity contribution in [3.8, 4) is 0 Å². The number of unbranched alkanes of at least 4 members (excludes halogenated alkanes) is 2. The molecular weight excluding hydrogens is 279 g/mol. The highest BCUT2D eigenvalue weighted by molar-refractivity contribution is 14.1. The van der Waals surface area contributed by atoms with Crippen molar-refractivity contribution < 1.29 is 4.43 Å². The van der Waals surface area contributed by atoms with Crippen LogP contribution in [0.4, 0.5) is 0 Å². The van der Waals surface area contributed by atoms with Crippen molar-refractivity contribution in [1.82, 2.24) is 0 Å². The SMILES string of the molecule is CCCC[Si](I)(CCCC)OC. The van der Waals surface area contributed by atoms with E-state index in [1.165, 1.54) is 37.8 Å². The smallest absolute Gasteiger partial charge is 0.258 e. The van der Waals surface area contributed by atoms with E-state index in [1.54, 1.807) is 0 Å². The first-order chi connectivity index (χ1) is 5.68. The zero-order valence-corrected chi connectivity index (χ0v) is 11.7. The van der Waals surface area contributed by atoms with Crippen LogP contribution in [0.2, 0.25) is 12.1 Å². The van der Waals surface area contributed by atoms with Crippen LogP contribution in [-0.4, -0.2) is 12.9 Å². The van der Waals surface area contributed by atoms with Crippen LogP contribution in [0.1, 0.15) is 39.5 Å². The minimum Gasteiger partial charge on any atom is -0.410 e. The molecule has 74 valence electrons. The summed E-state index contributed by atoms with van der Waals surface area (Å²) in [4.78, 5) is 0. The molecule has 0 saturated carbocycles. The molecular formula is C9H21IOSi. The van der Waals surface area contributed by atoms with E-state index in [1.807, 2.05) is 7.11 Å². The topological polar surface area (TPSA) is 9.23 Å². The maximum atomic E-state index is 5.67. The highest BCUT2D eigenvalue weighted by Gasteiger charge is 2.28. The fraction of sp³-hybridized carbons (Fsp3) is 1.00. The van der Waals surface area contributed by atoms with Gasteiger partial charge in [0.1, 0.15) is 0 Å². The summed E-state index contributed by atoms with van der Waals surface area (Å²) >= 11 is 2.60. The largest absolute Gasteiger partial charge is 0.410 e. The summed E-state index contributed by atoms with van der Waals surface area (Å²) in [6.07, 6.45) is 5.28. The van der Waals surface area contributed by atoms with Gasteiger partial charge in [-0.15, -0.1) is 0 Å². The Hall–Kier alpha value is 0.907. The molecule has 0 aliphatic rings. The first-order valence-corrected chi connectivity index (χ1v) is 10.4. The molecule has 0 aromatic heterocycles. The van der Waals surface area contributed by atoms with Crippen LogP contribution in [-0.2, 0) is 4.43 Å². The average molecular weight is 300 g/mol. The monoisotopic (exact) mass is 300 g/mol. The molecule has 0 spiro atoms. The van der Waals surface area contributed by atoms with E-state index in [4.69, 9.17) is 4.43 Å². The minimum atomic E-state index is -1.30. The zero-order valence-electron chi connectivity index (χ0n) is 8.53. The Balaban J connectivity index is 3.70. The Bertz CT molecular complexity index is 101. The Labute approximate surface area is 90.6 Å². The minimum absolute atomic E-state index is 1.30. The summed E-state index contributed by atoms with van der Waals surface area (Å²) in [5.74, 6) is -1.30. The number of hydrogen-bond donors (Lipinski definition) is 0. The van der Waals surface area contributed by atoms with Crippen LogP contribution in [0.25, 0.3) is 0 Å². The van der Waals surface area contributed by atoms with Crippen molar-refractivity contribution in [1.29, 1.82) is 0 Å². The highest BCUT2D eigenvalue weighted by atomic mass is 127. The van der Waals surface area contributed by atoms with Crippen LogP contribution in [0.15, 0.2) is 0 Å². The number of hydrogen-bond acceptors (Lipinski definition) is 1. The Morgan fingerprint density at radius 3 is 1.75 bits per heavy atom. The van der Waals surface area contributed by atoms with E-state index in [9.17, 15) is 0 Å². The van der Waals surface area contributed by atoms with Gasteiger partial charge in [0, 0.05) is 7.11 Å². The third-order valence-corrected chi connectivity index (χ3v) is 9.66. The Morgan fingerprint density at radius 1 is 1.08 bits per heavy atom. The van der Waals surface area contributed by atoms with Crippen molar-refractivity contribution in [2.45, 2.75) is 51.6 Å². The molecule has 3 heteroatoms. The van der Waals surface area contributed by atoms with Gasteiger partial charge in [-0.2, -0.15) is 0 Å². The lowest BCUT2D eigenvalue weighted by atomic mass is 10.4. The van der Waals surface area contributed by atoms with Gasteiger partial charge in [-0.25, -0.2) is 0 Å². The molecule has 0 aromatic rings. The molecule has 0 aliphatic carbocycles. The lowest BCUT2D eigenvalue weighted by molar-refractivity contribution is 0.410. The van der Waals surface area contributed by atoms with Crippen LogP contribution < -0.4 is 0 Å². The summed E-state index contributed by atoms with van der Waals surface area (Å²) in [5, 5.41) is 0. The molecule has 1 nitrogen and oxygen atoms in total. The maximum absolute atomic E-state index is 5.67. The average Bonchev–Trinajstić information content (AvgIpc) is 2.11. The van der Waals surface area contributed by atoms with Gasteiger partial charge in [-0.05, 0) is 12.1 Å². The molecule has 0 atom stereocenters. The van der Waals surface area contributed by atoms with Gasteiger partial charge in [0.05, 0.1) is 0 Å². The highest BCUT2D eigenvalue weighted by Crippen LogP contribution is 2.28. The van der Waals surface area contributed by atoms with Gasteiger partial charge >= 0.3 is 0 Å². The van der Waals surface area contributed by atoms with Gasteiger partial charge in [-0.3, -0.25) is 0 Å². The summed E-state index contributed by atoms with van der Waals surface area (Å²) in [6.45, 7) is 4.50. The third kappa shape index (κ3) is 5.53. The second kappa shape index (κ2) is 7.32. The van der Waals surface area contributed by atoms with Crippen LogP contribution >= 0.6 is 21.8 Å². The molecule has 0 amide bonds. The molecule has 0 aromatic carbocycles. The Morgan fingerprint density at radius 2 is 1.50 bits per heavy atom. The molecule has 0 unspecified atom stereocenters. The van der Waals surface area contributed by atoms with Crippen molar-refractivity contribution >= 4 is 27.6 Å². The van der Waals surface area contributed by atoms with E-state index >= 15 is 0 Å². The zero-order chi connectivity index (χ0) is 9.45. The van der Waals surface area contributed by atoms with Crippen LogP contribution in [0.3, 0.4) is 0 Å². The molecule has 0 aliphatic heterocycles. The van der Waals surface area contributed by atoms with Gasteiger partial charge < -0.3 is 4.43 Å². The summed E-state index contributed by atoms with van der Waals surface area (Å²) in [6, 6.07) is 2.67. The molecule has 0 bridgehead atoms. The van der Waals surface area contributed by atoms with Gasteiger partial charge in [-0.1, -0.05) is 61.3 Å². The maximum Gasteiger partial charge on any atom is 0.258 e. The van der Waals surface area contributed by atoms with E-state index in [2.05, 4.69) is 35.6 Å². The number of halogens is 1. The van der Waals surface area contributed by atoms with Crippen LogP contribution in [0, 0.1) is 0 Å². The van der Waals surface area contributed by atoms with Gasteiger partial charge in [0.25, 0.3) is 5.81 Å². The first-order valence-electron chi connectivity index (χ1n) is 4.92. The fourth-order valence-corrected chi connectivity index (χ4v) is 5.92. The Kier molecular flexibility index (Phi) is 7.88. The molecule has 12 heavy (non-hydrogen) atoms. The molecule has 0 fully saturated rings. The van der Waals surface area contributed by atoms with Gasteiger partial charge in [0.2, 0.25) is 0 Å². The number of rotatable bonds is 7. The summed E-state index contributed by atoms with van der Waals surface area (Å²) < 4.78 is 5.67. The van der Waals surface area contributed by atoms with E-state index in [0.717, 1.165) is 0 Å². The third-order valence-electron chi connectivity index (χ3n) is 2.17. The quantitative estimate of drug-likeness (QED) is 0.390. The van der Waals surface area contributed by atoms with E-state index < -0.39 is 5.81 Å². The molecule has 0 radical (unpaired) electrons. The van der Waals surface area contributed by atoms with Crippen molar-refractivity contribution in [2.24, 2.45) is 0 Å². The van der Waals surface area contributed by atoms with Crippen molar-refractivity contribution in [3.63, 3.8) is 0 Å². The molecule has 0 rings (SSSR count). The molecule has 0 saturated heterocycles. The lowest BCUT2D eigenvalue weighted by Crippen LogP contribution is -2.28. The molecule has 0 N–H and O–H groups in total. The second-order valence-corrected chi connectivity index (χ2v) is 12.4. The standard InChI is InChI=1S/C9H21IOSi/c1-4-6-8-12(10,11-3)9-7-5-2/h4-9H2,1-3H3. The van der Waals surface area contributed by atoms with Crippen LogP contribution in [0.5, 0.6) is 0 Å².